The smallest absolute Gasteiger partial charge is 0.0355 e. The SMILES string of the molecule is CCCCN(C=C([SiH3])C(C)C)CC. The van der Waals surface area contributed by atoms with E-state index in [4.69, 9.17) is 0 Å². The quantitative estimate of drug-likeness (QED) is 0.591. The molecule has 1 nitrogen and oxygen atoms in total. The Kier molecular flexibility index (Phi) is 7.05. The third-order valence-corrected chi connectivity index (χ3v) is 3.91. The lowest BCUT2D eigenvalue weighted by atomic mass is 10.2. The Hall–Kier alpha value is -0.243. The van der Waals surface area contributed by atoms with E-state index in [1.807, 2.05) is 0 Å². The van der Waals surface area contributed by atoms with Crippen molar-refractivity contribution in [3.63, 3.8) is 0 Å². The molecule has 0 aliphatic carbocycles. The second-order valence-electron chi connectivity index (χ2n) is 4.01. The lowest BCUT2D eigenvalue weighted by Gasteiger charge is -2.20. The topological polar surface area (TPSA) is 3.24 Å². The fraction of sp³-hybridized carbons (Fsp3) is 0.818. The molecule has 13 heavy (non-hydrogen) atoms. The summed E-state index contributed by atoms with van der Waals surface area (Å²) in [6.07, 6.45) is 4.99. The van der Waals surface area contributed by atoms with Gasteiger partial charge >= 0.3 is 0 Å². The van der Waals surface area contributed by atoms with Gasteiger partial charge in [0.05, 0.1) is 0 Å². The van der Waals surface area contributed by atoms with Crippen LogP contribution in [0.4, 0.5) is 0 Å². The van der Waals surface area contributed by atoms with Gasteiger partial charge in [-0.15, -0.1) is 0 Å². The highest BCUT2D eigenvalue weighted by molar-refractivity contribution is 6.21. The molecule has 0 spiro atoms. The summed E-state index contributed by atoms with van der Waals surface area (Å²) in [5.41, 5.74) is 0. The number of hydrogen-bond donors (Lipinski definition) is 0. The maximum atomic E-state index is 2.45. The minimum atomic E-state index is 0.738. The van der Waals surface area contributed by atoms with Gasteiger partial charge in [-0.1, -0.05) is 32.4 Å². The minimum Gasteiger partial charge on any atom is -0.378 e. The third-order valence-electron chi connectivity index (χ3n) is 2.50. The van der Waals surface area contributed by atoms with Crippen LogP contribution < -0.4 is 0 Å². The van der Waals surface area contributed by atoms with Gasteiger partial charge in [-0.3, -0.25) is 0 Å². The number of unbranched alkanes of at least 4 members (excludes halogenated alkanes) is 1. The maximum Gasteiger partial charge on any atom is 0.0355 e. The highest BCUT2D eigenvalue weighted by Gasteiger charge is 1.99. The average molecular weight is 199 g/mol. The summed E-state index contributed by atoms with van der Waals surface area (Å²) in [6.45, 7) is 11.4. The van der Waals surface area contributed by atoms with E-state index in [0.29, 0.717) is 0 Å². The van der Waals surface area contributed by atoms with E-state index in [0.717, 1.165) is 12.5 Å². The van der Waals surface area contributed by atoms with Crippen molar-refractivity contribution in [2.75, 3.05) is 13.1 Å². The van der Waals surface area contributed by atoms with Crippen molar-refractivity contribution >= 4 is 10.2 Å². The van der Waals surface area contributed by atoms with Gasteiger partial charge < -0.3 is 4.90 Å². The first kappa shape index (κ1) is 12.8. The Labute approximate surface area is 86.6 Å². The summed E-state index contributed by atoms with van der Waals surface area (Å²) >= 11 is 0. The van der Waals surface area contributed by atoms with E-state index in [2.05, 4.69) is 38.8 Å². The highest BCUT2D eigenvalue weighted by Crippen LogP contribution is 2.06. The standard InChI is InChI=1S/C11H25NSi/c1-5-7-8-12(6-2)9-11(13)10(3)4/h9-10H,5-8H2,1-4,13H3. The molecule has 0 aromatic rings. The largest absolute Gasteiger partial charge is 0.378 e. The summed E-state index contributed by atoms with van der Waals surface area (Å²) < 4.78 is 0. The Bertz CT molecular complexity index is 152. The van der Waals surface area contributed by atoms with Gasteiger partial charge in [0.2, 0.25) is 0 Å². The average Bonchev–Trinajstić information content (AvgIpc) is 2.11. The summed E-state index contributed by atoms with van der Waals surface area (Å²) in [6, 6.07) is 0. The molecule has 0 atom stereocenters. The molecule has 0 aromatic carbocycles. The number of rotatable bonds is 6. The second kappa shape index (κ2) is 7.19. The van der Waals surface area contributed by atoms with E-state index in [1.165, 1.54) is 29.6 Å². The summed E-state index contributed by atoms with van der Waals surface area (Å²) in [5.74, 6) is 0.738. The highest BCUT2D eigenvalue weighted by atomic mass is 28.1. The van der Waals surface area contributed by atoms with Crippen molar-refractivity contribution < 1.29 is 0 Å². The molecule has 0 bridgehead atoms. The van der Waals surface area contributed by atoms with Gasteiger partial charge in [0.1, 0.15) is 0 Å². The molecule has 0 saturated carbocycles. The molecule has 0 unspecified atom stereocenters. The molecular weight excluding hydrogens is 174 g/mol. The van der Waals surface area contributed by atoms with Crippen LogP contribution in [0.15, 0.2) is 11.4 Å². The molecule has 0 fully saturated rings. The van der Waals surface area contributed by atoms with Gasteiger partial charge in [-0.25, -0.2) is 0 Å². The van der Waals surface area contributed by atoms with Crippen molar-refractivity contribution in [3.8, 4) is 0 Å². The molecule has 0 aliphatic heterocycles. The van der Waals surface area contributed by atoms with Crippen LogP contribution in [-0.2, 0) is 0 Å². The van der Waals surface area contributed by atoms with Crippen LogP contribution in [0.3, 0.4) is 0 Å². The first-order chi connectivity index (χ1) is 6.11. The Morgan fingerprint density at radius 2 is 2.00 bits per heavy atom. The Balaban J connectivity index is 4.01. The number of allylic oxidation sites excluding steroid dienone is 1. The predicted octanol–water partition coefficient (Wildman–Crippen LogP) is 1.97. The van der Waals surface area contributed by atoms with Crippen molar-refractivity contribution in [3.05, 3.63) is 11.4 Å². The van der Waals surface area contributed by atoms with Crippen molar-refractivity contribution in [1.29, 1.82) is 0 Å². The first-order valence-electron chi connectivity index (χ1n) is 5.54. The number of hydrogen-bond acceptors (Lipinski definition) is 1. The molecule has 0 N–H and O–H groups in total. The predicted molar refractivity (Wildman–Crippen MR) is 65.0 cm³/mol. The van der Waals surface area contributed by atoms with Crippen molar-refractivity contribution in [2.45, 2.75) is 40.5 Å². The fourth-order valence-corrected chi connectivity index (χ4v) is 1.48. The van der Waals surface area contributed by atoms with Gasteiger partial charge in [-0.05, 0) is 25.5 Å². The molecular formula is C11H25NSi. The zero-order valence-corrected chi connectivity index (χ0v) is 11.9. The van der Waals surface area contributed by atoms with Crippen LogP contribution in [0.25, 0.3) is 0 Å². The van der Waals surface area contributed by atoms with Crippen molar-refractivity contribution in [1.82, 2.24) is 4.90 Å². The van der Waals surface area contributed by atoms with E-state index in [-0.39, 0.29) is 0 Å². The van der Waals surface area contributed by atoms with Crippen LogP contribution in [-0.4, -0.2) is 28.2 Å². The van der Waals surface area contributed by atoms with Crippen LogP contribution >= 0.6 is 0 Å². The molecule has 0 rings (SSSR count). The third kappa shape index (κ3) is 5.91. The van der Waals surface area contributed by atoms with Gasteiger partial charge in [0.25, 0.3) is 0 Å². The van der Waals surface area contributed by atoms with E-state index in [1.54, 1.807) is 5.20 Å². The van der Waals surface area contributed by atoms with Crippen LogP contribution in [0.1, 0.15) is 40.5 Å². The van der Waals surface area contributed by atoms with Crippen LogP contribution in [0, 0.1) is 5.92 Å². The molecule has 0 heterocycles. The van der Waals surface area contributed by atoms with Gasteiger partial charge in [0, 0.05) is 23.3 Å². The molecule has 0 saturated heterocycles. The molecule has 78 valence electrons. The molecule has 0 amide bonds. The second-order valence-corrected chi connectivity index (χ2v) is 5.16. The Morgan fingerprint density at radius 1 is 1.38 bits per heavy atom. The summed E-state index contributed by atoms with van der Waals surface area (Å²) in [4.78, 5) is 2.45. The molecule has 2 heteroatoms. The maximum absolute atomic E-state index is 2.45. The minimum absolute atomic E-state index is 0.738. The summed E-state index contributed by atoms with van der Waals surface area (Å²) in [5, 5.41) is 1.62. The first-order valence-corrected chi connectivity index (χ1v) is 6.54. The van der Waals surface area contributed by atoms with E-state index < -0.39 is 0 Å². The lowest BCUT2D eigenvalue weighted by molar-refractivity contribution is 0.383. The summed E-state index contributed by atoms with van der Waals surface area (Å²) in [7, 11) is 1.20. The molecule has 0 aromatic heterocycles. The van der Waals surface area contributed by atoms with Gasteiger partial charge in [0.15, 0.2) is 0 Å². The lowest BCUT2D eigenvalue weighted by Crippen LogP contribution is -2.19. The van der Waals surface area contributed by atoms with Crippen LogP contribution in [0.5, 0.6) is 0 Å². The van der Waals surface area contributed by atoms with Crippen LogP contribution in [0.2, 0.25) is 0 Å². The Morgan fingerprint density at radius 3 is 2.38 bits per heavy atom. The number of nitrogens with zero attached hydrogens (tertiary/aromatic N) is 1. The van der Waals surface area contributed by atoms with Gasteiger partial charge in [-0.2, -0.15) is 0 Å². The molecule has 0 radical (unpaired) electrons. The zero-order valence-electron chi connectivity index (χ0n) is 9.93. The van der Waals surface area contributed by atoms with Crippen molar-refractivity contribution in [2.24, 2.45) is 5.92 Å². The fourth-order valence-electron chi connectivity index (χ4n) is 1.11. The zero-order chi connectivity index (χ0) is 10.3. The molecule has 0 aliphatic rings. The normalized spacial score (nSPS) is 12.5. The van der Waals surface area contributed by atoms with E-state index in [9.17, 15) is 0 Å². The van der Waals surface area contributed by atoms with E-state index >= 15 is 0 Å². The monoisotopic (exact) mass is 199 g/mol.